The van der Waals surface area contributed by atoms with Crippen molar-refractivity contribution < 1.29 is 19.1 Å². The Morgan fingerprint density at radius 2 is 2.05 bits per heavy atom. The molecule has 0 saturated heterocycles. The Kier molecular flexibility index (Phi) is 7.02. The fraction of sp³-hybridized carbons (Fsp3) is 0.320. The van der Waals surface area contributed by atoms with Crippen molar-refractivity contribution in [2.75, 3.05) is 19.0 Å². The molecular formula is C25H25N5O5S2. The molecule has 0 bridgehead atoms. The zero-order valence-corrected chi connectivity index (χ0v) is 22.1. The highest BCUT2D eigenvalue weighted by molar-refractivity contribution is 8.00. The topological polar surface area (TPSA) is 128 Å². The standard InChI is InChI=1S/C25H25N5O5S2/c1-4-35-24(33)19-16-6-5-7-18(16)37-23(19)28-21(31)13(2)36-25-27-20-17(22(32)29-25)12-26-30(20)14-8-10-15(34-3)11-9-14/h8-13H,4-7H2,1-3H3,(H,28,31)(H,27,29,32). The van der Waals surface area contributed by atoms with E-state index in [2.05, 4.69) is 20.4 Å². The molecule has 0 radical (unpaired) electrons. The Hall–Kier alpha value is -3.64. The van der Waals surface area contributed by atoms with E-state index in [4.69, 9.17) is 9.47 Å². The first-order chi connectivity index (χ1) is 17.9. The normalized spacial score (nSPS) is 13.4. The molecule has 4 aromatic rings. The number of anilines is 1. The molecule has 0 spiro atoms. The van der Waals surface area contributed by atoms with Gasteiger partial charge >= 0.3 is 5.97 Å². The Morgan fingerprint density at radius 3 is 2.78 bits per heavy atom. The number of H-pyrrole nitrogens is 1. The van der Waals surface area contributed by atoms with E-state index in [-0.39, 0.29) is 23.2 Å². The van der Waals surface area contributed by atoms with E-state index in [1.165, 1.54) is 17.5 Å². The number of methoxy groups -OCH3 is 1. The Morgan fingerprint density at radius 1 is 1.27 bits per heavy atom. The van der Waals surface area contributed by atoms with Crippen LogP contribution in [0.15, 0.2) is 40.4 Å². The van der Waals surface area contributed by atoms with E-state index in [0.29, 0.717) is 33.0 Å². The number of carbonyl (C=O) groups is 2. The highest BCUT2D eigenvalue weighted by Crippen LogP contribution is 2.40. The fourth-order valence-corrected chi connectivity index (χ4v) is 6.28. The SMILES string of the molecule is CCOC(=O)c1c(NC(=O)C(C)Sc2nc3c(cnn3-c3ccc(OC)cc3)c(=O)[nH]2)sc2c1CCC2. The number of carbonyl (C=O) groups excluding carboxylic acids is 2. The summed E-state index contributed by atoms with van der Waals surface area (Å²) in [6.45, 7) is 3.74. The van der Waals surface area contributed by atoms with Crippen LogP contribution < -0.4 is 15.6 Å². The maximum absolute atomic E-state index is 13.1. The molecule has 0 saturated carbocycles. The summed E-state index contributed by atoms with van der Waals surface area (Å²) in [5.41, 5.74) is 2.18. The summed E-state index contributed by atoms with van der Waals surface area (Å²) in [4.78, 5) is 46.9. The molecule has 2 N–H and O–H groups in total. The quantitative estimate of drug-likeness (QED) is 0.196. The summed E-state index contributed by atoms with van der Waals surface area (Å²) >= 11 is 2.54. The molecule has 1 aliphatic carbocycles. The summed E-state index contributed by atoms with van der Waals surface area (Å²) in [5, 5.41) is 7.75. The smallest absolute Gasteiger partial charge is 0.341 e. The maximum Gasteiger partial charge on any atom is 0.341 e. The van der Waals surface area contributed by atoms with Gasteiger partial charge in [0.25, 0.3) is 5.56 Å². The van der Waals surface area contributed by atoms with Gasteiger partial charge in [0, 0.05) is 4.88 Å². The summed E-state index contributed by atoms with van der Waals surface area (Å²) < 4.78 is 12.0. The van der Waals surface area contributed by atoms with Crippen molar-refractivity contribution in [3.05, 3.63) is 56.8 Å². The number of rotatable bonds is 8. The van der Waals surface area contributed by atoms with Gasteiger partial charge in [0.15, 0.2) is 10.8 Å². The second-order valence-electron chi connectivity index (χ2n) is 8.39. The van der Waals surface area contributed by atoms with Crippen molar-refractivity contribution >= 4 is 51.0 Å². The molecule has 37 heavy (non-hydrogen) atoms. The average molecular weight is 540 g/mol. The minimum Gasteiger partial charge on any atom is -0.497 e. The minimum absolute atomic E-state index is 0.262. The molecule has 12 heteroatoms. The summed E-state index contributed by atoms with van der Waals surface area (Å²) in [6, 6.07) is 7.22. The minimum atomic E-state index is -0.607. The molecule has 3 heterocycles. The first-order valence-corrected chi connectivity index (χ1v) is 13.5. The van der Waals surface area contributed by atoms with E-state index < -0.39 is 11.2 Å². The van der Waals surface area contributed by atoms with Crippen LogP contribution in [-0.4, -0.2) is 50.6 Å². The number of hydrogen-bond acceptors (Lipinski definition) is 9. The first-order valence-electron chi connectivity index (χ1n) is 11.8. The summed E-state index contributed by atoms with van der Waals surface area (Å²) in [7, 11) is 1.59. The van der Waals surface area contributed by atoms with Crippen molar-refractivity contribution in [3.8, 4) is 11.4 Å². The van der Waals surface area contributed by atoms with E-state index in [9.17, 15) is 14.4 Å². The van der Waals surface area contributed by atoms with Crippen LogP contribution in [0.2, 0.25) is 0 Å². The number of thioether (sulfide) groups is 1. The van der Waals surface area contributed by atoms with Crippen LogP contribution in [0.25, 0.3) is 16.7 Å². The summed E-state index contributed by atoms with van der Waals surface area (Å²) in [6.07, 6.45) is 4.14. The number of hydrogen-bond donors (Lipinski definition) is 2. The predicted molar refractivity (Wildman–Crippen MR) is 142 cm³/mol. The number of thiophene rings is 1. The van der Waals surface area contributed by atoms with Crippen molar-refractivity contribution in [3.63, 3.8) is 0 Å². The third-order valence-corrected chi connectivity index (χ3v) is 8.22. The molecule has 0 aliphatic heterocycles. The van der Waals surface area contributed by atoms with Crippen molar-refractivity contribution in [1.82, 2.24) is 19.7 Å². The van der Waals surface area contributed by atoms with Gasteiger partial charge in [0.2, 0.25) is 5.91 Å². The molecule has 0 fully saturated rings. The lowest BCUT2D eigenvalue weighted by Crippen LogP contribution is -2.24. The van der Waals surface area contributed by atoms with Gasteiger partial charge in [-0.25, -0.2) is 14.5 Å². The lowest BCUT2D eigenvalue weighted by molar-refractivity contribution is -0.115. The van der Waals surface area contributed by atoms with Crippen molar-refractivity contribution in [1.29, 1.82) is 0 Å². The van der Waals surface area contributed by atoms with Crippen LogP contribution in [0.3, 0.4) is 0 Å². The van der Waals surface area contributed by atoms with E-state index in [1.807, 2.05) is 12.1 Å². The maximum atomic E-state index is 13.1. The molecular weight excluding hydrogens is 514 g/mol. The van der Waals surface area contributed by atoms with E-state index >= 15 is 0 Å². The number of nitrogens with zero attached hydrogens (tertiary/aromatic N) is 3. The van der Waals surface area contributed by atoms with Gasteiger partial charge in [-0.3, -0.25) is 9.59 Å². The zero-order chi connectivity index (χ0) is 26.1. The molecule has 1 amide bonds. The highest BCUT2D eigenvalue weighted by Gasteiger charge is 2.29. The highest BCUT2D eigenvalue weighted by atomic mass is 32.2. The number of aryl methyl sites for hydroxylation is 1. The number of fused-ring (bicyclic) bond motifs is 2. The van der Waals surface area contributed by atoms with Gasteiger partial charge < -0.3 is 19.8 Å². The van der Waals surface area contributed by atoms with Gasteiger partial charge in [0.1, 0.15) is 16.1 Å². The largest absolute Gasteiger partial charge is 0.497 e. The number of amides is 1. The zero-order valence-electron chi connectivity index (χ0n) is 20.5. The third kappa shape index (κ3) is 4.86. The lowest BCUT2D eigenvalue weighted by atomic mass is 10.1. The van der Waals surface area contributed by atoms with Gasteiger partial charge in [-0.2, -0.15) is 5.10 Å². The van der Waals surface area contributed by atoms with Gasteiger partial charge in [-0.15, -0.1) is 11.3 Å². The van der Waals surface area contributed by atoms with E-state index in [1.54, 1.807) is 37.8 Å². The second-order valence-corrected chi connectivity index (χ2v) is 10.8. The monoisotopic (exact) mass is 539 g/mol. The van der Waals surface area contributed by atoms with Gasteiger partial charge in [-0.05, 0) is 62.9 Å². The van der Waals surface area contributed by atoms with Crippen LogP contribution in [0, 0.1) is 0 Å². The molecule has 1 atom stereocenters. The fourth-order valence-electron chi connectivity index (χ4n) is 4.21. The van der Waals surface area contributed by atoms with Crippen LogP contribution in [0.1, 0.15) is 41.1 Å². The van der Waals surface area contributed by atoms with E-state index in [0.717, 1.165) is 41.5 Å². The van der Waals surface area contributed by atoms with Crippen LogP contribution in [0.5, 0.6) is 5.75 Å². The van der Waals surface area contributed by atoms with Gasteiger partial charge in [0.05, 0.1) is 36.4 Å². The van der Waals surface area contributed by atoms with Crippen LogP contribution in [-0.2, 0) is 22.4 Å². The van der Waals surface area contributed by atoms with Crippen LogP contribution in [0.4, 0.5) is 5.00 Å². The number of nitrogens with one attached hydrogen (secondary N) is 2. The number of ether oxygens (including phenoxy) is 2. The van der Waals surface area contributed by atoms with Crippen molar-refractivity contribution in [2.45, 2.75) is 43.5 Å². The number of aromatic nitrogens is 4. The number of benzene rings is 1. The second kappa shape index (κ2) is 10.4. The molecule has 5 rings (SSSR count). The Labute approximate surface area is 220 Å². The average Bonchev–Trinajstić information content (AvgIpc) is 3.59. The number of aromatic amines is 1. The molecule has 1 aromatic carbocycles. The lowest BCUT2D eigenvalue weighted by Gasteiger charge is -2.12. The first kappa shape index (κ1) is 25.0. The third-order valence-electron chi connectivity index (χ3n) is 6.03. The molecule has 3 aromatic heterocycles. The summed E-state index contributed by atoms with van der Waals surface area (Å²) in [5.74, 6) is -0.0215. The molecule has 1 unspecified atom stereocenters. The molecule has 10 nitrogen and oxygen atoms in total. The molecule has 192 valence electrons. The Bertz CT molecular complexity index is 1540. The van der Waals surface area contributed by atoms with Crippen LogP contribution >= 0.6 is 23.1 Å². The predicted octanol–water partition coefficient (Wildman–Crippen LogP) is 3.96. The number of esters is 1. The Balaban J connectivity index is 1.38. The van der Waals surface area contributed by atoms with Gasteiger partial charge in [-0.1, -0.05) is 11.8 Å². The van der Waals surface area contributed by atoms with Crippen molar-refractivity contribution in [2.24, 2.45) is 0 Å². The molecule has 1 aliphatic rings.